The Hall–Kier alpha value is -3.13. The second-order valence-corrected chi connectivity index (χ2v) is 7.39. The molecular weight excluding hydrogens is 407 g/mol. The lowest BCUT2D eigenvalue weighted by Crippen LogP contribution is -2.29. The summed E-state index contributed by atoms with van der Waals surface area (Å²) in [5.41, 5.74) is 2.77. The van der Waals surface area contributed by atoms with E-state index in [4.69, 9.17) is 4.74 Å². The molecule has 0 saturated carbocycles. The Bertz CT molecular complexity index is 1040. The number of nitrogens with one attached hydrogen (secondary N) is 1. The van der Waals surface area contributed by atoms with Crippen LogP contribution >= 0.6 is 0 Å². The molecule has 0 atom stereocenters. The molecule has 1 amide bonds. The molecule has 4 rings (SSSR count). The molecule has 2 aromatic carbocycles. The van der Waals surface area contributed by atoms with Crippen LogP contribution in [0.4, 0.5) is 13.2 Å². The average Bonchev–Trinajstić information content (AvgIpc) is 3.14. The standard InChI is InChI=1S/C23H22F3N3O2/c24-23(25,26)22-19-15-31-13-10-20(19)29(28-22)12-11-27-21(30)14-16-6-8-18(9-7-16)17-4-2-1-3-5-17/h1-9H,10-15H2,(H,27,30). The van der Waals surface area contributed by atoms with Crippen LogP contribution < -0.4 is 5.32 Å². The normalized spacial score (nSPS) is 13.6. The van der Waals surface area contributed by atoms with Gasteiger partial charge in [0.2, 0.25) is 5.91 Å². The SMILES string of the molecule is O=C(Cc1ccc(-c2ccccc2)cc1)NCCn1nc(C(F)(F)F)c2c1CCOC2. The number of carbonyl (C=O) groups is 1. The number of alkyl halides is 3. The topological polar surface area (TPSA) is 56.2 Å². The number of carbonyl (C=O) groups excluding carboxylic acids is 1. The van der Waals surface area contributed by atoms with Crippen molar-refractivity contribution < 1.29 is 22.7 Å². The maximum Gasteiger partial charge on any atom is 0.435 e. The van der Waals surface area contributed by atoms with Crippen molar-refractivity contribution in [2.75, 3.05) is 13.2 Å². The average molecular weight is 429 g/mol. The van der Waals surface area contributed by atoms with Crippen LogP contribution in [-0.4, -0.2) is 28.8 Å². The van der Waals surface area contributed by atoms with Crippen molar-refractivity contribution in [3.63, 3.8) is 0 Å². The molecule has 5 nitrogen and oxygen atoms in total. The first kappa shape index (κ1) is 21.1. The van der Waals surface area contributed by atoms with Gasteiger partial charge in [0.1, 0.15) is 0 Å². The lowest BCUT2D eigenvalue weighted by molar-refractivity contribution is -0.142. The molecule has 1 aliphatic heterocycles. The molecule has 1 aliphatic rings. The van der Waals surface area contributed by atoms with Crippen LogP contribution in [-0.2, 0) is 41.7 Å². The van der Waals surface area contributed by atoms with Gasteiger partial charge in [0.05, 0.1) is 26.2 Å². The lowest BCUT2D eigenvalue weighted by Gasteiger charge is -2.15. The van der Waals surface area contributed by atoms with E-state index < -0.39 is 11.9 Å². The van der Waals surface area contributed by atoms with Crippen molar-refractivity contribution >= 4 is 5.91 Å². The van der Waals surface area contributed by atoms with Crippen LogP contribution in [0.3, 0.4) is 0 Å². The monoisotopic (exact) mass is 429 g/mol. The van der Waals surface area contributed by atoms with Crippen LogP contribution in [0.2, 0.25) is 0 Å². The Morgan fingerprint density at radius 2 is 1.77 bits per heavy atom. The minimum absolute atomic E-state index is 0.0878. The third-order valence-corrected chi connectivity index (χ3v) is 5.24. The van der Waals surface area contributed by atoms with E-state index >= 15 is 0 Å². The molecule has 31 heavy (non-hydrogen) atoms. The van der Waals surface area contributed by atoms with E-state index in [1.807, 2.05) is 54.6 Å². The molecule has 8 heteroatoms. The highest BCUT2D eigenvalue weighted by Gasteiger charge is 2.39. The summed E-state index contributed by atoms with van der Waals surface area (Å²) < 4.78 is 46.2. The highest BCUT2D eigenvalue weighted by molar-refractivity contribution is 5.78. The Morgan fingerprint density at radius 1 is 1.06 bits per heavy atom. The van der Waals surface area contributed by atoms with E-state index in [1.165, 1.54) is 4.68 Å². The van der Waals surface area contributed by atoms with Crippen molar-refractivity contribution in [1.82, 2.24) is 15.1 Å². The predicted octanol–water partition coefficient (Wildman–Crippen LogP) is 4.00. The van der Waals surface area contributed by atoms with E-state index in [0.29, 0.717) is 18.7 Å². The molecule has 0 bridgehead atoms. The van der Waals surface area contributed by atoms with Crippen molar-refractivity contribution in [3.05, 3.63) is 77.1 Å². The number of hydrogen-bond acceptors (Lipinski definition) is 3. The summed E-state index contributed by atoms with van der Waals surface area (Å²) in [6.07, 6.45) is -3.95. The van der Waals surface area contributed by atoms with Gasteiger partial charge in [-0.05, 0) is 16.7 Å². The first-order chi connectivity index (χ1) is 14.9. The van der Waals surface area contributed by atoms with Crippen molar-refractivity contribution in [3.8, 4) is 11.1 Å². The third-order valence-electron chi connectivity index (χ3n) is 5.24. The van der Waals surface area contributed by atoms with Crippen molar-refractivity contribution in [2.45, 2.75) is 32.2 Å². The first-order valence-corrected chi connectivity index (χ1v) is 10.1. The third kappa shape index (κ3) is 4.96. The molecule has 0 fully saturated rings. The second kappa shape index (κ2) is 8.93. The highest BCUT2D eigenvalue weighted by atomic mass is 19.4. The van der Waals surface area contributed by atoms with E-state index in [-0.39, 0.29) is 37.6 Å². The van der Waals surface area contributed by atoms with Gasteiger partial charge in [0.15, 0.2) is 5.69 Å². The van der Waals surface area contributed by atoms with Gasteiger partial charge in [0.25, 0.3) is 0 Å². The van der Waals surface area contributed by atoms with Crippen LogP contribution in [0.15, 0.2) is 54.6 Å². The highest BCUT2D eigenvalue weighted by Crippen LogP contribution is 2.34. The number of hydrogen-bond donors (Lipinski definition) is 1. The maximum absolute atomic E-state index is 13.2. The smallest absolute Gasteiger partial charge is 0.376 e. The molecular formula is C23H22F3N3O2. The second-order valence-electron chi connectivity index (χ2n) is 7.39. The minimum atomic E-state index is -4.52. The molecule has 1 N–H and O–H groups in total. The maximum atomic E-state index is 13.2. The number of fused-ring (bicyclic) bond motifs is 1. The number of rotatable bonds is 6. The summed E-state index contributed by atoms with van der Waals surface area (Å²) in [4.78, 5) is 12.3. The molecule has 162 valence electrons. The quantitative estimate of drug-likeness (QED) is 0.645. The summed E-state index contributed by atoms with van der Waals surface area (Å²) in [5.74, 6) is -0.187. The zero-order valence-corrected chi connectivity index (χ0v) is 16.8. The zero-order valence-electron chi connectivity index (χ0n) is 16.8. The van der Waals surface area contributed by atoms with Crippen molar-refractivity contribution in [2.24, 2.45) is 0 Å². The molecule has 0 spiro atoms. The largest absolute Gasteiger partial charge is 0.435 e. The minimum Gasteiger partial charge on any atom is -0.376 e. The number of benzene rings is 2. The Kier molecular flexibility index (Phi) is 6.08. The summed E-state index contributed by atoms with van der Waals surface area (Å²) in [5, 5.41) is 6.51. The molecule has 1 aromatic heterocycles. The lowest BCUT2D eigenvalue weighted by atomic mass is 10.0. The van der Waals surface area contributed by atoms with Gasteiger partial charge >= 0.3 is 6.18 Å². The van der Waals surface area contributed by atoms with Gasteiger partial charge < -0.3 is 10.1 Å². The van der Waals surface area contributed by atoms with Gasteiger partial charge in [-0.3, -0.25) is 9.48 Å². The fraction of sp³-hybridized carbons (Fsp3) is 0.304. The van der Waals surface area contributed by atoms with Gasteiger partial charge in [0, 0.05) is 24.2 Å². The summed E-state index contributed by atoms with van der Waals surface area (Å²) in [6.45, 7) is 0.654. The Labute approximate surface area is 177 Å². The summed E-state index contributed by atoms with van der Waals surface area (Å²) in [6, 6.07) is 17.7. The molecule has 0 saturated heterocycles. The van der Waals surface area contributed by atoms with E-state index in [0.717, 1.165) is 16.7 Å². The number of ether oxygens (including phenoxy) is 1. The van der Waals surface area contributed by atoms with Gasteiger partial charge in [-0.15, -0.1) is 0 Å². The number of aromatic nitrogens is 2. The van der Waals surface area contributed by atoms with E-state index in [2.05, 4.69) is 10.4 Å². The van der Waals surface area contributed by atoms with Gasteiger partial charge in [-0.1, -0.05) is 54.6 Å². The molecule has 0 aliphatic carbocycles. The van der Waals surface area contributed by atoms with E-state index in [9.17, 15) is 18.0 Å². The Balaban J connectivity index is 1.33. The molecule has 0 unspecified atom stereocenters. The van der Waals surface area contributed by atoms with Crippen LogP contribution in [0.1, 0.15) is 22.5 Å². The number of amides is 1. The Morgan fingerprint density at radius 3 is 2.48 bits per heavy atom. The van der Waals surface area contributed by atoms with E-state index in [1.54, 1.807) is 0 Å². The predicted molar refractivity (Wildman–Crippen MR) is 109 cm³/mol. The zero-order chi connectivity index (χ0) is 21.8. The van der Waals surface area contributed by atoms with Crippen LogP contribution in [0.25, 0.3) is 11.1 Å². The summed E-state index contributed by atoms with van der Waals surface area (Å²) in [7, 11) is 0. The van der Waals surface area contributed by atoms with Crippen LogP contribution in [0, 0.1) is 0 Å². The number of nitrogens with zero attached hydrogens (tertiary/aromatic N) is 2. The molecule has 0 radical (unpaired) electrons. The summed E-state index contributed by atoms with van der Waals surface area (Å²) >= 11 is 0. The van der Waals surface area contributed by atoms with Crippen LogP contribution in [0.5, 0.6) is 0 Å². The van der Waals surface area contributed by atoms with Gasteiger partial charge in [-0.25, -0.2) is 0 Å². The fourth-order valence-corrected chi connectivity index (χ4v) is 3.72. The first-order valence-electron chi connectivity index (χ1n) is 10.1. The molecule has 3 aromatic rings. The fourth-order valence-electron chi connectivity index (χ4n) is 3.72. The van der Waals surface area contributed by atoms with Crippen molar-refractivity contribution in [1.29, 1.82) is 0 Å². The number of halogens is 3. The van der Waals surface area contributed by atoms with Gasteiger partial charge in [-0.2, -0.15) is 18.3 Å². The molecule has 2 heterocycles.